The van der Waals surface area contributed by atoms with Crippen molar-refractivity contribution in [3.63, 3.8) is 0 Å². The lowest BCUT2D eigenvalue weighted by Gasteiger charge is -2.42. The van der Waals surface area contributed by atoms with Crippen LogP contribution in [0.1, 0.15) is 5.56 Å². The molecule has 3 fully saturated rings. The van der Waals surface area contributed by atoms with E-state index in [2.05, 4.69) is 0 Å². The highest BCUT2D eigenvalue weighted by Gasteiger charge is 2.50. The Morgan fingerprint density at radius 2 is 1.56 bits per heavy atom. The normalized spacial score (nSPS) is 39.6. The molecule has 0 bridgehead atoms. The summed E-state index contributed by atoms with van der Waals surface area (Å²) in [6, 6.07) is 4.42. The maximum atomic E-state index is 12.1. The van der Waals surface area contributed by atoms with Crippen molar-refractivity contribution in [2.45, 2.75) is 73.8 Å². The van der Waals surface area contributed by atoms with Gasteiger partial charge in [0.2, 0.25) is 0 Å². The average molecular weight is 591 g/mol. The molecule has 4 rings (SSSR count). The van der Waals surface area contributed by atoms with Crippen LogP contribution in [0.3, 0.4) is 0 Å². The summed E-state index contributed by atoms with van der Waals surface area (Å²) >= 11 is 0. The number of esters is 1. The molecule has 3 heterocycles. The highest BCUT2D eigenvalue weighted by atomic mass is 16.7. The fourth-order valence-corrected chi connectivity index (χ4v) is 4.45. The Kier molecular flexibility index (Phi) is 10.5. The van der Waals surface area contributed by atoms with Crippen molar-refractivity contribution in [1.82, 2.24) is 0 Å². The van der Waals surface area contributed by atoms with Gasteiger partial charge in [-0.05, 0) is 23.8 Å². The number of phenolic OH excluding ortho intramolecular Hbond substituents is 1. The van der Waals surface area contributed by atoms with Gasteiger partial charge in [0.15, 0.2) is 30.4 Å². The van der Waals surface area contributed by atoms with Gasteiger partial charge in [0.25, 0.3) is 0 Å². The van der Waals surface area contributed by atoms with Crippen LogP contribution >= 0.6 is 0 Å². The molecule has 12 atom stereocenters. The number of carbonyl (C=O) groups is 1. The average Bonchev–Trinajstić information content (AvgIpc) is 3.22. The molecule has 0 saturated carbocycles. The van der Waals surface area contributed by atoms with E-state index < -0.39 is 93.0 Å². The molecule has 0 amide bonds. The van der Waals surface area contributed by atoms with Crippen LogP contribution in [0, 0.1) is 0 Å². The van der Waals surface area contributed by atoms with Gasteiger partial charge >= 0.3 is 5.97 Å². The summed E-state index contributed by atoms with van der Waals surface area (Å²) in [5.74, 6) is -0.657. The quantitative estimate of drug-likeness (QED) is 0.102. The number of ether oxygens (including phenoxy) is 7. The largest absolute Gasteiger partial charge is 0.504 e. The Morgan fingerprint density at radius 3 is 2.27 bits per heavy atom. The second-order valence-corrected chi connectivity index (χ2v) is 9.66. The van der Waals surface area contributed by atoms with Crippen molar-refractivity contribution in [1.29, 1.82) is 0 Å². The summed E-state index contributed by atoms with van der Waals surface area (Å²) in [4.78, 5) is 12.1. The second-order valence-electron chi connectivity index (χ2n) is 9.66. The summed E-state index contributed by atoms with van der Waals surface area (Å²) in [6.45, 7) is -1.26. The summed E-state index contributed by atoms with van der Waals surface area (Å²) in [5.41, 5.74) is 0.536. The van der Waals surface area contributed by atoms with Crippen molar-refractivity contribution in [2.24, 2.45) is 0 Å². The number of hydrogen-bond acceptors (Lipinski definition) is 16. The maximum Gasteiger partial charge on any atom is 0.330 e. The first-order valence-corrected chi connectivity index (χ1v) is 12.7. The van der Waals surface area contributed by atoms with Gasteiger partial charge in [-0.1, -0.05) is 6.07 Å². The lowest BCUT2D eigenvalue weighted by molar-refractivity contribution is -0.343. The third-order valence-corrected chi connectivity index (χ3v) is 6.78. The van der Waals surface area contributed by atoms with E-state index in [0.29, 0.717) is 5.56 Å². The fourth-order valence-electron chi connectivity index (χ4n) is 4.45. The summed E-state index contributed by atoms with van der Waals surface area (Å²) in [5, 5.41) is 81.1. The van der Waals surface area contributed by atoms with Crippen molar-refractivity contribution in [3.05, 3.63) is 29.8 Å². The van der Waals surface area contributed by atoms with E-state index in [1.165, 1.54) is 31.4 Å². The number of aliphatic hydroxyl groups excluding tert-OH is 7. The molecule has 1 aromatic rings. The number of hydrogen-bond donors (Lipinski definition) is 8. The van der Waals surface area contributed by atoms with Crippen LogP contribution < -0.4 is 4.74 Å². The van der Waals surface area contributed by atoms with E-state index in [0.717, 1.165) is 6.08 Å². The predicted molar refractivity (Wildman–Crippen MR) is 131 cm³/mol. The second kappa shape index (κ2) is 13.7. The molecule has 41 heavy (non-hydrogen) atoms. The van der Waals surface area contributed by atoms with Gasteiger partial charge in [-0.25, -0.2) is 4.79 Å². The van der Waals surface area contributed by atoms with E-state index in [4.69, 9.17) is 33.2 Å². The van der Waals surface area contributed by atoms with Gasteiger partial charge in [0.05, 0.1) is 20.3 Å². The molecule has 230 valence electrons. The zero-order chi connectivity index (χ0) is 29.8. The van der Waals surface area contributed by atoms with Crippen molar-refractivity contribution in [2.75, 3.05) is 26.9 Å². The first kappa shape index (κ1) is 31.5. The van der Waals surface area contributed by atoms with Crippen LogP contribution in [0.2, 0.25) is 0 Å². The number of rotatable bonds is 9. The molecule has 0 spiro atoms. The number of phenols is 1. The molecule has 3 aliphatic heterocycles. The predicted octanol–water partition coefficient (Wildman–Crippen LogP) is -3.68. The Balaban J connectivity index is 1.29. The van der Waals surface area contributed by atoms with Gasteiger partial charge in [-0.2, -0.15) is 0 Å². The molecule has 16 heteroatoms. The van der Waals surface area contributed by atoms with Gasteiger partial charge in [0.1, 0.15) is 61.5 Å². The topological polar surface area (TPSA) is 244 Å². The highest BCUT2D eigenvalue weighted by molar-refractivity contribution is 5.87. The van der Waals surface area contributed by atoms with Gasteiger partial charge in [0, 0.05) is 6.08 Å². The molecule has 3 saturated heterocycles. The van der Waals surface area contributed by atoms with Crippen molar-refractivity contribution in [3.8, 4) is 11.5 Å². The minimum absolute atomic E-state index is 0.0714. The van der Waals surface area contributed by atoms with Gasteiger partial charge in [-0.15, -0.1) is 0 Å². The lowest BCUT2D eigenvalue weighted by Crippen LogP contribution is -2.61. The zero-order valence-electron chi connectivity index (χ0n) is 21.8. The van der Waals surface area contributed by atoms with Crippen LogP contribution in [-0.2, 0) is 33.2 Å². The molecule has 1 aromatic carbocycles. The third kappa shape index (κ3) is 7.31. The van der Waals surface area contributed by atoms with E-state index >= 15 is 0 Å². The molecule has 0 aliphatic carbocycles. The monoisotopic (exact) mass is 590 g/mol. The third-order valence-electron chi connectivity index (χ3n) is 6.78. The van der Waals surface area contributed by atoms with Crippen LogP contribution in [0.15, 0.2) is 24.3 Å². The van der Waals surface area contributed by atoms with E-state index in [1.807, 2.05) is 0 Å². The van der Waals surface area contributed by atoms with Gasteiger partial charge < -0.3 is 74.0 Å². The fraction of sp³-hybridized carbons (Fsp3) is 0.640. The lowest BCUT2D eigenvalue weighted by atomic mass is 10.0. The van der Waals surface area contributed by atoms with E-state index in [1.54, 1.807) is 0 Å². The number of methoxy groups -OCH3 is 1. The summed E-state index contributed by atoms with van der Waals surface area (Å²) < 4.78 is 36.7. The smallest absolute Gasteiger partial charge is 0.330 e. The van der Waals surface area contributed by atoms with E-state index in [9.17, 15) is 45.6 Å². The van der Waals surface area contributed by atoms with Crippen LogP contribution in [0.4, 0.5) is 0 Å². The molecule has 0 aromatic heterocycles. The Labute approximate surface area is 233 Å². The first-order chi connectivity index (χ1) is 19.5. The molecular formula is C25H34O16. The Hall–Kier alpha value is -2.45. The zero-order valence-corrected chi connectivity index (χ0v) is 21.8. The van der Waals surface area contributed by atoms with Crippen molar-refractivity contribution >= 4 is 12.0 Å². The van der Waals surface area contributed by atoms with Gasteiger partial charge in [-0.3, -0.25) is 0 Å². The standard InChI is InChI=1S/C25H34O16/c1-35-14-6-10(2-4-11(14)26)3-5-16(29)36-9-15-18(31)22(23(34)39-15)41-25-20(33)21(13(28)8-38-25)40-24-19(32)17(30)12(27)7-37-24/h2-6,12-13,15,17-28,30-34H,7-9H2,1H3/t12-,13-,15+,17+,18+,19-,20-,21+,22-,23+,24+,25+/m1/s1. The van der Waals surface area contributed by atoms with Crippen LogP contribution in [-0.4, -0.2) is 148 Å². The number of aliphatic hydroxyl groups is 7. The van der Waals surface area contributed by atoms with Crippen molar-refractivity contribution < 1.29 is 78.8 Å². The summed E-state index contributed by atoms with van der Waals surface area (Å²) in [7, 11) is 1.38. The number of carbonyl (C=O) groups excluding carboxylic acids is 1. The van der Waals surface area contributed by atoms with Crippen LogP contribution in [0.25, 0.3) is 6.08 Å². The Bertz CT molecular complexity index is 1050. The molecule has 8 N–H and O–H groups in total. The molecule has 16 nitrogen and oxygen atoms in total. The molecular weight excluding hydrogens is 556 g/mol. The Morgan fingerprint density at radius 1 is 0.902 bits per heavy atom. The highest BCUT2D eigenvalue weighted by Crippen LogP contribution is 2.30. The maximum absolute atomic E-state index is 12.1. The van der Waals surface area contributed by atoms with Crippen LogP contribution in [0.5, 0.6) is 11.5 Å². The molecule has 0 radical (unpaired) electrons. The first-order valence-electron chi connectivity index (χ1n) is 12.7. The number of benzene rings is 1. The molecule has 3 aliphatic rings. The minimum atomic E-state index is -1.72. The van der Waals surface area contributed by atoms with E-state index in [-0.39, 0.29) is 18.1 Å². The molecule has 0 unspecified atom stereocenters. The minimum Gasteiger partial charge on any atom is -0.504 e. The summed E-state index contributed by atoms with van der Waals surface area (Å²) in [6.07, 6.45) is -15.7. The SMILES string of the molecule is COc1cc(C=CC(=O)OC[C@@H]2O[C@H](O)[C@H](O[C@@H]3OC[C@@H](O)[C@H](O[C@@H]4OC[C@@H](O)[C@H](O)[C@H]4O)[C@H]3O)[C@H]2O)ccc1O. The number of aromatic hydroxyl groups is 1.